The highest BCUT2D eigenvalue weighted by atomic mass is 16.2. The third-order valence-corrected chi connectivity index (χ3v) is 5.21. The van der Waals surface area contributed by atoms with Crippen LogP contribution in [0.4, 0.5) is 0 Å². The molecule has 2 aromatic heterocycles. The Morgan fingerprint density at radius 2 is 2.24 bits per heavy atom. The van der Waals surface area contributed by atoms with Crippen molar-refractivity contribution < 1.29 is 9.59 Å². The van der Waals surface area contributed by atoms with Gasteiger partial charge in [0.2, 0.25) is 5.91 Å². The fourth-order valence-corrected chi connectivity index (χ4v) is 3.76. The Morgan fingerprint density at radius 1 is 1.40 bits per heavy atom. The van der Waals surface area contributed by atoms with Gasteiger partial charge in [-0.1, -0.05) is 0 Å². The fourth-order valence-electron chi connectivity index (χ4n) is 3.76. The molecular formula is C18H23N5O2. The molecule has 1 aliphatic heterocycles. The molecule has 0 spiro atoms. The van der Waals surface area contributed by atoms with Crippen LogP contribution in [0, 0.1) is 5.92 Å². The molecule has 2 N–H and O–H groups in total. The molecule has 0 bridgehead atoms. The highest BCUT2D eigenvalue weighted by Gasteiger charge is 2.45. The van der Waals surface area contributed by atoms with Gasteiger partial charge >= 0.3 is 0 Å². The van der Waals surface area contributed by atoms with E-state index in [2.05, 4.69) is 15.3 Å². The molecule has 4 rings (SSSR count). The van der Waals surface area contributed by atoms with Crippen molar-refractivity contribution in [3.8, 4) is 0 Å². The van der Waals surface area contributed by atoms with Crippen molar-refractivity contribution in [1.82, 2.24) is 24.8 Å². The molecule has 7 nitrogen and oxygen atoms in total. The van der Waals surface area contributed by atoms with Crippen LogP contribution in [0.5, 0.6) is 0 Å². The van der Waals surface area contributed by atoms with Crippen LogP contribution in [0.2, 0.25) is 0 Å². The first-order valence-electron chi connectivity index (χ1n) is 8.84. The Kier molecular flexibility index (Phi) is 4.07. The van der Waals surface area contributed by atoms with Crippen LogP contribution in [-0.2, 0) is 11.8 Å². The van der Waals surface area contributed by atoms with E-state index in [4.69, 9.17) is 0 Å². The molecule has 2 aromatic rings. The maximum absolute atomic E-state index is 12.6. The van der Waals surface area contributed by atoms with Gasteiger partial charge in [0, 0.05) is 56.8 Å². The number of likely N-dealkylation sites (tertiary alicyclic amines) is 1. The molecule has 1 saturated carbocycles. The molecule has 132 valence electrons. The lowest BCUT2D eigenvalue weighted by atomic mass is 9.87. The summed E-state index contributed by atoms with van der Waals surface area (Å²) in [6.07, 6.45) is 10.6. The number of carbonyl (C=O) groups excluding carboxylic acids is 2. The van der Waals surface area contributed by atoms with E-state index in [0.29, 0.717) is 24.6 Å². The second-order valence-corrected chi connectivity index (χ2v) is 6.98. The van der Waals surface area contributed by atoms with E-state index in [1.54, 1.807) is 24.7 Å². The van der Waals surface area contributed by atoms with Crippen molar-refractivity contribution in [2.45, 2.75) is 37.8 Å². The molecular weight excluding hydrogens is 318 g/mol. The number of carbonyl (C=O) groups is 2. The first-order valence-corrected chi connectivity index (χ1v) is 8.84. The summed E-state index contributed by atoms with van der Waals surface area (Å²) in [7, 11) is 1.96. The molecule has 1 saturated heterocycles. The first kappa shape index (κ1) is 15.9. The highest BCUT2D eigenvalue weighted by Crippen LogP contribution is 2.42. The van der Waals surface area contributed by atoms with Gasteiger partial charge in [-0.15, -0.1) is 0 Å². The summed E-state index contributed by atoms with van der Waals surface area (Å²) < 4.78 is 1.99. The number of aromatic amines is 1. The number of amides is 2. The highest BCUT2D eigenvalue weighted by molar-refractivity contribution is 5.93. The van der Waals surface area contributed by atoms with Gasteiger partial charge < -0.3 is 19.8 Å². The summed E-state index contributed by atoms with van der Waals surface area (Å²) in [5.74, 6) is 1.20. The van der Waals surface area contributed by atoms with E-state index in [0.717, 1.165) is 25.1 Å². The smallest absolute Gasteiger partial charge is 0.252 e. The Bertz CT molecular complexity index is 762. The van der Waals surface area contributed by atoms with Gasteiger partial charge in [0.05, 0.1) is 11.6 Å². The lowest BCUT2D eigenvalue weighted by molar-refractivity contribution is -0.140. The van der Waals surface area contributed by atoms with Crippen molar-refractivity contribution in [3.63, 3.8) is 0 Å². The second kappa shape index (κ2) is 6.38. The predicted molar refractivity (Wildman–Crippen MR) is 91.7 cm³/mol. The van der Waals surface area contributed by atoms with E-state index < -0.39 is 0 Å². The summed E-state index contributed by atoms with van der Waals surface area (Å²) in [5, 5.41) is 3.03. The van der Waals surface area contributed by atoms with Crippen molar-refractivity contribution in [1.29, 1.82) is 0 Å². The normalized spacial score (nSPS) is 23.7. The fraction of sp³-hybridized carbons (Fsp3) is 0.500. The number of nitrogens with one attached hydrogen (secondary N) is 2. The third-order valence-electron chi connectivity index (χ3n) is 5.21. The Morgan fingerprint density at radius 3 is 2.88 bits per heavy atom. The Labute approximate surface area is 146 Å². The molecule has 0 unspecified atom stereocenters. The number of piperidine rings is 1. The summed E-state index contributed by atoms with van der Waals surface area (Å²) in [4.78, 5) is 34.3. The van der Waals surface area contributed by atoms with Crippen molar-refractivity contribution in [3.05, 3.63) is 42.2 Å². The van der Waals surface area contributed by atoms with E-state index in [-0.39, 0.29) is 23.8 Å². The number of aromatic nitrogens is 3. The lowest BCUT2D eigenvalue weighted by Gasteiger charge is -2.41. The van der Waals surface area contributed by atoms with Crippen LogP contribution in [0.1, 0.15) is 47.9 Å². The zero-order chi connectivity index (χ0) is 17.4. The Hall–Kier alpha value is -2.57. The van der Waals surface area contributed by atoms with Gasteiger partial charge in [0.25, 0.3) is 5.91 Å². The number of hydrogen-bond acceptors (Lipinski definition) is 3. The maximum atomic E-state index is 12.6. The molecule has 0 radical (unpaired) electrons. The number of hydrogen-bond donors (Lipinski definition) is 2. The van der Waals surface area contributed by atoms with E-state index in [1.807, 2.05) is 22.7 Å². The number of nitrogens with zero attached hydrogens (tertiary/aromatic N) is 3. The zero-order valence-corrected chi connectivity index (χ0v) is 14.3. The van der Waals surface area contributed by atoms with Crippen molar-refractivity contribution in [2.24, 2.45) is 13.0 Å². The standard InChI is InChI=1S/C18H23N5O2/c1-22-9-8-20-17(22)16-12(2-5-15(24)23(16)14-3-4-14)11-21-18(25)13-6-7-19-10-13/h6-10,12,14,16,19H,2-5,11H2,1H3,(H,21,25)/t12-,16+/m1/s1. The molecule has 25 heavy (non-hydrogen) atoms. The topological polar surface area (TPSA) is 83.0 Å². The summed E-state index contributed by atoms with van der Waals surface area (Å²) in [6.45, 7) is 0.540. The van der Waals surface area contributed by atoms with Gasteiger partial charge in [-0.3, -0.25) is 9.59 Å². The van der Waals surface area contributed by atoms with Gasteiger partial charge in [-0.25, -0.2) is 4.98 Å². The van der Waals surface area contributed by atoms with Gasteiger partial charge in [-0.2, -0.15) is 0 Å². The third kappa shape index (κ3) is 3.06. The van der Waals surface area contributed by atoms with E-state index in [9.17, 15) is 9.59 Å². The number of H-pyrrole nitrogens is 1. The average molecular weight is 341 g/mol. The monoisotopic (exact) mass is 341 g/mol. The Balaban J connectivity index is 1.55. The van der Waals surface area contributed by atoms with Crippen LogP contribution in [0.25, 0.3) is 0 Å². The van der Waals surface area contributed by atoms with E-state index >= 15 is 0 Å². The molecule has 2 amide bonds. The minimum absolute atomic E-state index is 0.0692. The summed E-state index contributed by atoms with van der Waals surface area (Å²) in [6, 6.07) is 2.02. The summed E-state index contributed by atoms with van der Waals surface area (Å²) in [5.41, 5.74) is 0.625. The lowest BCUT2D eigenvalue weighted by Crippen LogP contribution is -2.48. The van der Waals surface area contributed by atoms with Crippen molar-refractivity contribution >= 4 is 11.8 Å². The summed E-state index contributed by atoms with van der Waals surface area (Å²) >= 11 is 0. The van der Waals surface area contributed by atoms with Crippen LogP contribution in [-0.4, -0.2) is 43.8 Å². The molecule has 2 fully saturated rings. The number of imidazole rings is 1. The van der Waals surface area contributed by atoms with Crippen LogP contribution >= 0.6 is 0 Å². The largest absolute Gasteiger partial charge is 0.367 e. The van der Waals surface area contributed by atoms with Crippen LogP contribution < -0.4 is 5.32 Å². The number of rotatable bonds is 5. The molecule has 0 aromatic carbocycles. The van der Waals surface area contributed by atoms with Gasteiger partial charge in [0.1, 0.15) is 5.82 Å². The minimum atomic E-state index is -0.0882. The molecule has 2 atom stereocenters. The zero-order valence-electron chi connectivity index (χ0n) is 14.3. The van der Waals surface area contributed by atoms with Crippen LogP contribution in [0.3, 0.4) is 0 Å². The molecule has 7 heteroatoms. The molecule has 3 heterocycles. The minimum Gasteiger partial charge on any atom is -0.367 e. The predicted octanol–water partition coefficient (Wildman–Crippen LogP) is 1.62. The molecule has 2 aliphatic rings. The van der Waals surface area contributed by atoms with Crippen molar-refractivity contribution in [2.75, 3.05) is 6.54 Å². The van der Waals surface area contributed by atoms with Gasteiger partial charge in [0.15, 0.2) is 0 Å². The maximum Gasteiger partial charge on any atom is 0.252 e. The van der Waals surface area contributed by atoms with Crippen LogP contribution in [0.15, 0.2) is 30.9 Å². The first-order chi connectivity index (χ1) is 12.1. The second-order valence-electron chi connectivity index (χ2n) is 6.98. The SMILES string of the molecule is Cn1ccnc1[C@@H]1[C@@H](CNC(=O)c2cc[nH]c2)CCC(=O)N1C1CC1. The quantitative estimate of drug-likeness (QED) is 0.867. The van der Waals surface area contributed by atoms with E-state index in [1.165, 1.54) is 0 Å². The van der Waals surface area contributed by atoms with Gasteiger partial charge in [-0.05, 0) is 25.3 Å². The molecule has 1 aliphatic carbocycles. The average Bonchev–Trinajstić information content (AvgIpc) is 3.11. The number of aryl methyl sites for hydroxylation is 1.